The first-order chi connectivity index (χ1) is 10.8. The highest BCUT2D eigenvalue weighted by Gasteiger charge is 2.29. The summed E-state index contributed by atoms with van der Waals surface area (Å²) in [6, 6.07) is 7.43. The molecular formula is C16H20N4O3. The summed E-state index contributed by atoms with van der Waals surface area (Å²) in [7, 11) is 0. The van der Waals surface area contributed by atoms with Gasteiger partial charge in [0.1, 0.15) is 23.4 Å². The number of rotatable bonds is 3. The first kappa shape index (κ1) is 15.8. The Morgan fingerprint density at radius 1 is 1.09 bits per heavy atom. The molecule has 0 aliphatic heterocycles. The Hall–Kier alpha value is -2.09. The van der Waals surface area contributed by atoms with E-state index in [0.29, 0.717) is 16.7 Å². The molecule has 0 saturated carbocycles. The normalized spacial score (nSPS) is 15.2. The van der Waals surface area contributed by atoms with Crippen LogP contribution in [0.25, 0.3) is 22.2 Å². The molecule has 0 unspecified atom stereocenters. The lowest BCUT2D eigenvalue weighted by Crippen LogP contribution is -2.25. The summed E-state index contributed by atoms with van der Waals surface area (Å²) in [5, 5.41) is 33.6. The molecule has 2 atom stereocenters. The maximum atomic E-state index is 10.3. The number of benzene rings is 1. The molecule has 0 fully saturated rings. The predicted molar refractivity (Wildman–Crippen MR) is 85.9 cm³/mol. The fraction of sp³-hybridized carbons (Fsp3) is 0.438. The van der Waals surface area contributed by atoms with Crippen LogP contribution in [-0.2, 0) is 5.54 Å². The number of aliphatic hydroxyl groups excluding tert-OH is 3. The second-order valence-corrected chi connectivity index (χ2v) is 6.55. The van der Waals surface area contributed by atoms with Gasteiger partial charge in [-0.1, -0.05) is 12.1 Å². The highest BCUT2D eigenvalue weighted by Crippen LogP contribution is 2.29. The minimum absolute atomic E-state index is 0.217. The topological polar surface area (TPSA) is 104 Å². The van der Waals surface area contributed by atoms with Crippen molar-refractivity contribution in [3.8, 4) is 0 Å². The minimum Gasteiger partial charge on any atom is -0.394 e. The number of hydrogen-bond acceptors (Lipinski definition) is 6. The minimum atomic E-state index is -1.33. The molecule has 0 spiro atoms. The van der Waals surface area contributed by atoms with Crippen LogP contribution < -0.4 is 0 Å². The Morgan fingerprint density at radius 2 is 1.70 bits per heavy atom. The Balaban J connectivity index is 2.34. The molecule has 2 aromatic heterocycles. The first-order valence-corrected chi connectivity index (χ1v) is 7.46. The van der Waals surface area contributed by atoms with Gasteiger partial charge >= 0.3 is 0 Å². The fourth-order valence-corrected chi connectivity index (χ4v) is 2.46. The maximum Gasteiger partial charge on any atom is 0.178 e. The molecular weight excluding hydrogens is 296 g/mol. The molecule has 0 radical (unpaired) electrons. The van der Waals surface area contributed by atoms with E-state index < -0.39 is 18.8 Å². The number of nitrogens with zero attached hydrogens (tertiary/aromatic N) is 4. The fourth-order valence-electron chi connectivity index (χ4n) is 2.46. The molecule has 0 aliphatic carbocycles. The van der Waals surface area contributed by atoms with Crippen LogP contribution in [0.4, 0.5) is 0 Å². The van der Waals surface area contributed by atoms with Gasteiger partial charge in [-0.05, 0) is 32.9 Å². The van der Waals surface area contributed by atoms with Crippen molar-refractivity contribution >= 4 is 22.2 Å². The van der Waals surface area contributed by atoms with Gasteiger partial charge in [-0.15, -0.1) is 0 Å². The summed E-state index contributed by atoms with van der Waals surface area (Å²) < 4.78 is 1.68. The molecule has 2 heterocycles. The van der Waals surface area contributed by atoms with Crippen molar-refractivity contribution in [3.63, 3.8) is 0 Å². The molecule has 0 aliphatic rings. The van der Waals surface area contributed by atoms with E-state index in [1.807, 2.05) is 45.0 Å². The van der Waals surface area contributed by atoms with Crippen LogP contribution in [0.5, 0.6) is 0 Å². The molecule has 3 aromatic rings. The quantitative estimate of drug-likeness (QED) is 0.669. The molecule has 1 aromatic carbocycles. The molecule has 0 amide bonds. The Kier molecular flexibility index (Phi) is 3.79. The van der Waals surface area contributed by atoms with Crippen molar-refractivity contribution in [2.45, 2.75) is 38.5 Å². The van der Waals surface area contributed by atoms with Crippen molar-refractivity contribution in [2.24, 2.45) is 0 Å². The van der Waals surface area contributed by atoms with E-state index in [9.17, 15) is 10.2 Å². The summed E-state index contributed by atoms with van der Waals surface area (Å²) in [5.41, 5.74) is 2.22. The molecule has 7 heteroatoms. The summed E-state index contributed by atoms with van der Waals surface area (Å²) in [4.78, 5) is 9.17. The summed E-state index contributed by atoms with van der Waals surface area (Å²) in [5.74, 6) is 0. The van der Waals surface area contributed by atoms with Gasteiger partial charge in [0.15, 0.2) is 5.65 Å². The zero-order chi connectivity index (χ0) is 16.8. The maximum absolute atomic E-state index is 10.3. The van der Waals surface area contributed by atoms with Gasteiger partial charge < -0.3 is 15.3 Å². The second-order valence-electron chi connectivity index (χ2n) is 6.55. The van der Waals surface area contributed by atoms with Crippen molar-refractivity contribution in [1.82, 2.24) is 19.7 Å². The second kappa shape index (κ2) is 5.52. The average molecular weight is 316 g/mol. The monoisotopic (exact) mass is 316 g/mol. The van der Waals surface area contributed by atoms with Crippen LogP contribution in [0.1, 0.15) is 32.6 Å². The third-order valence-corrected chi connectivity index (χ3v) is 3.67. The number of hydrogen-bond donors (Lipinski definition) is 3. The largest absolute Gasteiger partial charge is 0.394 e. The number of fused-ring (bicyclic) bond motifs is 2. The van der Waals surface area contributed by atoms with Crippen LogP contribution in [0.2, 0.25) is 0 Å². The van der Waals surface area contributed by atoms with E-state index in [1.54, 1.807) is 4.68 Å². The molecule has 3 rings (SSSR count). The van der Waals surface area contributed by atoms with Gasteiger partial charge in [0.2, 0.25) is 0 Å². The van der Waals surface area contributed by atoms with E-state index in [0.717, 1.165) is 5.52 Å². The lowest BCUT2D eigenvalue weighted by molar-refractivity contribution is -0.0171. The summed E-state index contributed by atoms with van der Waals surface area (Å²) in [6.45, 7) is 5.34. The zero-order valence-electron chi connectivity index (χ0n) is 13.3. The van der Waals surface area contributed by atoms with Crippen molar-refractivity contribution in [3.05, 3.63) is 30.0 Å². The Bertz CT molecular complexity index is 854. The number of para-hydroxylation sites is 2. The standard InChI is InChI=1S/C16H20N4O3/c1-16(2,3)20-15-13(12(19-20)14(23)11(22)8-21)17-9-6-4-5-7-10(9)18-15/h4-7,11,14,21-23H,8H2,1-3H3/t11-,14+/m1/s1. The van der Waals surface area contributed by atoms with Crippen LogP contribution >= 0.6 is 0 Å². The van der Waals surface area contributed by atoms with Gasteiger partial charge in [-0.2, -0.15) is 5.10 Å². The summed E-state index contributed by atoms with van der Waals surface area (Å²) >= 11 is 0. The summed E-state index contributed by atoms with van der Waals surface area (Å²) in [6.07, 6.45) is -2.66. The molecule has 3 N–H and O–H groups in total. The predicted octanol–water partition coefficient (Wildman–Crippen LogP) is 1.12. The molecule has 0 bridgehead atoms. The Labute approximate surface area is 133 Å². The first-order valence-electron chi connectivity index (χ1n) is 7.46. The highest BCUT2D eigenvalue weighted by molar-refractivity contribution is 5.86. The van der Waals surface area contributed by atoms with Gasteiger partial charge in [0, 0.05) is 0 Å². The van der Waals surface area contributed by atoms with E-state index in [1.165, 1.54) is 0 Å². The van der Waals surface area contributed by atoms with Crippen molar-refractivity contribution < 1.29 is 15.3 Å². The van der Waals surface area contributed by atoms with Gasteiger partial charge in [0.05, 0.1) is 23.2 Å². The smallest absolute Gasteiger partial charge is 0.178 e. The molecule has 122 valence electrons. The Morgan fingerprint density at radius 3 is 2.26 bits per heavy atom. The van der Waals surface area contributed by atoms with E-state index in [-0.39, 0.29) is 11.2 Å². The van der Waals surface area contributed by atoms with Crippen LogP contribution in [0.3, 0.4) is 0 Å². The third kappa shape index (κ3) is 2.67. The highest BCUT2D eigenvalue weighted by atomic mass is 16.4. The molecule has 23 heavy (non-hydrogen) atoms. The molecule has 7 nitrogen and oxygen atoms in total. The number of aromatic nitrogens is 4. The van der Waals surface area contributed by atoms with Crippen LogP contribution in [0, 0.1) is 0 Å². The van der Waals surface area contributed by atoms with E-state index >= 15 is 0 Å². The van der Waals surface area contributed by atoms with Gasteiger partial charge in [-0.3, -0.25) is 0 Å². The lowest BCUT2D eigenvalue weighted by Gasteiger charge is -2.20. The number of aliphatic hydroxyl groups is 3. The van der Waals surface area contributed by atoms with Crippen molar-refractivity contribution in [2.75, 3.05) is 6.61 Å². The van der Waals surface area contributed by atoms with Crippen molar-refractivity contribution in [1.29, 1.82) is 0 Å². The lowest BCUT2D eigenvalue weighted by atomic mass is 10.1. The van der Waals surface area contributed by atoms with Gasteiger partial charge in [-0.25, -0.2) is 14.6 Å². The SMILES string of the molecule is CC(C)(C)n1nc([C@@H](O)[C@H](O)CO)c2nc3ccccc3nc21. The zero-order valence-corrected chi connectivity index (χ0v) is 13.3. The van der Waals surface area contributed by atoms with Crippen LogP contribution in [-0.4, -0.2) is 47.8 Å². The third-order valence-electron chi connectivity index (χ3n) is 3.67. The van der Waals surface area contributed by atoms with Gasteiger partial charge in [0.25, 0.3) is 0 Å². The van der Waals surface area contributed by atoms with E-state index in [4.69, 9.17) is 5.11 Å². The van der Waals surface area contributed by atoms with Crippen LogP contribution in [0.15, 0.2) is 24.3 Å². The molecule has 0 saturated heterocycles. The average Bonchev–Trinajstić information content (AvgIpc) is 2.89. The van der Waals surface area contributed by atoms with E-state index in [2.05, 4.69) is 15.1 Å².